The van der Waals surface area contributed by atoms with Crippen LogP contribution < -0.4 is 10.1 Å². The molecule has 1 N–H and O–H groups in total. The van der Waals surface area contributed by atoms with E-state index in [0.717, 1.165) is 35.8 Å². The summed E-state index contributed by atoms with van der Waals surface area (Å²) in [7, 11) is 0. The number of ether oxygens (including phenoxy) is 1. The number of hydrogen-bond acceptors (Lipinski definition) is 4. The molecule has 0 aliphatic rings. The number of pyridine rings is 1. The number of hydrogen-bond donors (Lipinski definition) is 1. The molecule has 0 amide bonds. The predicted octanol–water partition coefficient (Wildman–Crippen LogP) is 3.66. The highest BCUT2D eigenvalue weighted by molar-refractivity contribution is 5.42. The topological polar surface area (TPSA) is 57.9 Å². The normalized spacial score (nSPS) is 9.95. The van der Waals surface area contributed by atoms with Gasteiger partial charge in [-0.2, -0.15) is 5.26 Å². The molecule has 0 aliphatic carbocycles. The van der Waals surface area contributed by atoms with Crippen molar-refractivity contribution in [2.24, 2.45) is 0 Å². The molecular formula is C17H19N3O. The minimum atomic E-state index is 0.386. The van der Waals surface area contributed by atoms with Crippen molar-refractivity contribution in [3.8, 4) is 11.8 Å². The summed E-state index contributed by atoms with van der Waals surface area (Å²) in [5.74, 6) is 1.59. The van der Waals surface area contributed by atoms with Crippen LogP contribution in [0.3, 0.4) is 0 Å². The van der Waals surface area contributed by atoms with Crippen LogP contribution in [0, 0.1) is 18.3 Å². The molecule has 0 saturated carbocycles. The van der Waals surface area contributed by atoms with Gasteiger partial charge in [0.2, 0.25) is 0 Å². The van der Waals surface area contributed by atoms with E-state index in [2.05, 4.69) is 23.3 Å². The van der Waals surface area contributed by atoms with E-state index in [1.54, 1.807) is 12.1 Å². The van der Waals surface area contributed by atoms with Gasteiger partial charge < -0.3 is 10.1 Å². The Labute approximate surface area is 125 Å². The van der Waals surface area contributed by atoms with E-state index in [9.17, 15) is 0 Å². The van der Waals surface area contributed by atoms with Crippen LogP contribution in [0.15, 0.2) is 36.4 Å². The molecule has 1 aromatic carbocycles. The fraction of sp³-hybridized carbons (Fsp3) is 0.294. The molecule has 2 rings (SSSR count). The van der Waals surface area contributed by atoms with E-state index in [0.29, 0.717) is 12.2 Å². The van der Waals surface area contributed by atoms with Crippen LogP contribution in [0.1, 0.15) is 30.2 Å². The van der Waals surface area contributed by atoms with Gasteiger partial charge in [-0.25, -0.2) is 4.98 Å². The van der Waals surface area contributed by atoms with Crippen LogP contribution in [0.25, 0.3) is 0 Å². The third-order valence-corrected chi connectivity index (χ3v) is 3.06. The Kier molecular flexibility index (Phi) is 5.16. The molecule has 4 nitrogen and oxygen atoms in total. The first kappa shape index (κ1) is 14.9. The Morgan fingerprint density at radius 3 is 2.90 bits per heavy atom. The van der Waals surface area contributed by atoms with Gasteiger partial charge in [0.15, 0.2) is 0 Å². The van der Waals surface area contributed by atoms with Gasteiger partial charge in [0, 0.05) is 6.54 Å². The Morgan fingerprint density at radius 2 is 2.14 bits per heavy atom. The van der Waals surface area contributed by atoms with Crippen molar-refractivity contribution in [1.82, 2.24) is 4.98 Å². The standard InChI is InChI=1S/C17H19N3O/c1-3-9-19-17-6-4-5-15(20-17)12-21-16-10-14(11-18)8-7-13(16)2/h4-8,10H,3,9,12H2,1-2H3,(H,19,20). The average Bonchev–Trinajstić information content (AvgIpc) is 2.52. The molecule has 0 saturated heterocycles. The van der Waals surface area contributed by atoms with Gasteiger partial charge in [-0.3, -0.25) is 0 Å². The highest BCUT2D eigenvalue weighted by Gasteiger charge is 2.03. The predicted molar refractivity (Wildman–Crippen MR) is 83.2 cm³/mol. The summed E-state index contributed by atoms with van der Waals surface area (Å²) in [5.41, 5.74) is 2.47. The third-order valence-electron chi connectivity index (χ3n) is 3.06. The van der Waals surface area contributed by atoms with Crippen LogP contribution in [0.5, 0.6) is 5.75 Å². The van der Waals surface area contributed by atoms with E-state index >= 15 is 0 Å². The zero-order valence-corrected chi connectivity index (χ0v) is 12.4. The summed E-state index contributed by atoms with van der Waals surface area (Å²) in [6, 6.07) is 13.4. The summed E-state index contributed by atoms with van der Waals surface area (Å²) in [4.78, 5) is 4.50. The summed E-state index contributed by atoms with van der Waals surface area (Å²) in [6.45, 7) is 5.37. The summed E-state index contributed by atoms with van der Waals surface area (Å²) >= 11 is 0. The van der Waals surface area contributed by atoms with E-state index < -0.39 is 0 Å². The number of benzene rings is 1. The lowest BCUT2D eigenvalue weighted by Gasteiger charge is -2.10. The van der Waals surface area contributed by atoms with E-state index in [1.165, 1.54) is 0 Å². The SMILES string of the molecule is CCCNc1cccc(COc2cc(C#N)ccc2C)n1. The van der Waals surface area contributed by atoms with Gasteiger partial charge in [-0.05, 0) is 43.2 Å². The number of nitrogens with zero attached hydrogens (tertiary/aromatic N) is 2. The number of aromatic nitrogens is 1. The molecule has 0 unspecified atom stereocenters. The van der Waals surface area contributed by atoms with Crippen LogP contribution in [-0.4, -0.2) is 11.5 Å². The number of rotatable bonds is 6. The van der Waals surface area contributed by atoms with Gasteiger partial charge in [0.25, 0.3) is 0 Å². The quantitative estimate of drug-likeness (QED) is 0.877. The molecule has 0 aliphatic heterocycles. The summed E-state index contributed by atoms with van der Waals surface area (Å²) in [5, 5.41) is 12.2. The van der Waals surface area contributed by atoms with Gasteiger partial charge in [0.05, 0.1) is 17.3 Å². The largest absolute Gasteiger partial charge is 0.487 e. The van der Waals surface area contributed by atoms with Crippen LogP contribution in [-0.2, 0) is 6.61 Å². The summed E-state index contributed by atoms with van der Waals surface area (Å²) in [6.07, 6.45) is 1.06. The Balaban J connectivity index is 2.04. The minimum absolute atomic E-state index is 0.386. The highest BCUT2D eigenvalue weighted by Crippen LogP contribution is 2.20. The van der Waals surface area contributed by atoms with Gasteiger partial charge in [-0.1, -0.05) is 19.1 Å². The van der Waals surface area contributed by atoms with Gasteiger partial charge in [0.1, 0.15) is 18.2 Å². The zero-order chi connectivity index (χ0) is 15.1. The molecule has 0 fully saturated rings. The van der Waals surface area contributed by atoms with Crippen LogP contribution in [0.2, 0.25) is 0 Å². The maximum atomic E-state index is 8.93. The van der Waals surface area contributed by atoms with E-state index in [-0.39, 0.29) is 0 Å². The fourth-order valence-electron chi connectivity index (χ4n) is 1.89. The van der Waals surface area contributed by atoms with Gasteiger partial charge in [-0.15, -0.1) is 0 Å². The monoisotopic (exact) mass is 281 g/mol. The molecule has 108 valence electrons. The minimum Gasteiger partial charge on any atom is -0.487 e. The van der Waals surface area contributed by atoms with Crippen LogP contribution >= 0.6 is 0 Å². The Bertz CT molecular complexity index is 647. The lowest BCUT2D eigenvalue weighted by Crippen LogP contribution is -2.05. The zero-order valence-electron chi connectivity index (χ0n) is 12.4. The second-order valence-corrected chi connectivity index (χ2v) is 4.82. The number of nitriles is 1. The van der Waals surface area contributed by atoms with Gasteiger partial charge >= 0.3 is 0 Å². The Morgan fingerprint density at radius 1 is 1.29 bits per heavy atom. The van der Waals surface area contributed by atoms with Crippen molar-refractivity contribution in [3.05, 3.63) is 53.2 Å². The highest BCUT2D eigenvalue weighted by atomic mass is 16.5. The van der Waals surface area contributed by atoms with Crippen molar-refractivity contribution in [3.63, 3.8) is 0 Å². The third kappa shape index (κ3) is 4.22. The maximum Gasteiger partial charge on any atom is 0.130 e. The molecule has 0 bridgehead atoms. The van der Waals surface area contributed by atoms with E-state index in [4.69, 9.17) is 10.00 Å². The fourth-order valence-corrected chi connectivity index (χ4v) is 1.89. The molecule has 0 atom stereocenters. The lowest BCUT2D eigenvalue weighted by atomic mass is 10.1. The molecule has 1 aromatic heterocycles. The van der Waals surface area contributed by atoms with Crippen molar-refractivity contribution >= 4 is 5.82 Å². The number of aryl methyl sites for hydroxylation is 1. The van der Waals surface area contributed by atoms with Crippen molar-refractivity contribution in [2.75, 3.05) is 11.9 Å². The second-order valence-electron chi connectivity index (χ2n) is 4.82. The van der Waals surface area contributed by atoms with Crippen LogP contribution in [0.4, 0.5) is 5.82 Å². The molecule has 4 heteroatoms. The van der Waals surface area contributed by atoms with Crippen molar-refractivity contribution in [2.45, 2.75) is 26.9 Å². The molecule has 21 heavy (non-hydrogen) atoms. The smallest absolute Gasteiger partial charge is 0.130 e. The molecule has 0 radical (unpaired) electrons. The molecule has 2 aromatic rings. The molecular weight excluding hydrogens is 262 g/mol. The summed E-state index contributed by atoms with van der Waals surface area (Å²) < 4.78 is 5.78. The first-order valence-electron chi connectivity index (χ1n) is 7.06. The lowest BCUT2D eigenvalue weighted by molar-refractivity contribution is 0.299. The van der Waals surface area contributed by atoms with E-state index in [1.807, 2.05) is 31.2 Å². The maximum absolute atomic E-state index is 8.93. The number of anilines is 1. The van der Waals surface area contributed by atoms with Crippen molar-refractivity contribution in [1.29, 1.82) is 5.26 Å². The first-order chi connectivity index (χ1) is 10.2. The second kappa shape index (κ2) is 7.30. The molecule has 0 spiro atoms. The Hall–Kier alpha value is -2.54. The van der Waals surface area contributed by atoms with Crippen molar-refractivity contribution < 1.29 is 4.74 Å². The molecule has 1 heterocycles. The number of nitrogens with one attached hydrogen (secondary N) is 1. The first-order valence-corrected chi connectivity index (χ1v) is 7.06. The average molecular weight is 281 g/mol.